The number of methoxy groups -OCH3 is 1. The molecule has 0 N–H and O–H groups in total. The number of rotatable bonds is 6. The van der Waals surface area contributed by atoms with Gasteiger partial charge in [0.25, 0.3) is 0 Å². The third-order valence-corrected chi connectivity index (χ3v) is 12.5. The topological polar surface area (TPSA) is 9.23 Å². The Hall–Kier alpha value is -0.300. The van der Waals surface area contributed by atoms with Crippen LogP contribution in [0.3, 0.4) is 0 Å². The maximum atomic E-state index is 6.31. The Morgan fingerprint density at radius 1 is 0.968 bits per heavy atom. The molecule has 31 heavy (non-hydrogen) atoms. The highest BCUT2D eigenvalue weighted by molar-refractivity contribution is 5.26. The molecule has 1 nitrogen and oxygen atoms in total. The van der Waals surface area contributed by atoms with Gasteiger partial charge in [-0.15, -0.1) is 0 Å². The first-order chi connectivity index (χ1) is 14.7. The van der Waals surface area contributed by atoms with Gasteiger partial charge in [0.2, 0.25) is 0 Å². The second-order valence-electron chi connectivity index (χ2n) is 13.5. The summed E-state index contributed by atoms with van der Waals surface area (Å²) in [5.74, 6) is 6.92. The summed E-state index contributed by atoms with van der Waals surface area (Å²) in [6.07, 6.45) is 18.7. The molecule has 11 unspecified atom stereocenters. The van der Waals surface area contributed by atoms with Gasteiger partial charge < -0.3 is 4.74 Å². The van der Waals surface area contributed by atoms with E-state index in [0.29, 0.717) is 22.3 Å². The molecule has 0 heterocycles. The summed E-state index contributed by atoms with van der Waals surface area (Å²) in [5, 5.41) is 0. The van der Waals surface area contributed by atoms with Crippen molar-refractivity contribution in [1.29, 1.82) is 0 Å². The number of allylic oxidation sites excluding steroid dienone is 2. The molecule has 11 atom stereocenters. The minimum absolute atomic E-state index is 0.543. The van der Waals surface area contributed by atoms with Crippen molar-refractivity contribution >= 4 is 0 Å². The van der Waals surface area contributed by atoms with Gasteiger partial charge in [-0.1, -0.05) is 53.7 Å². The predicted molar refractivity (Wildman–Crippen MR) is 131 cm³/mol. The molecule has 1 spiro atoms. The molecule has 0 saturated heterocycles. The minimum atomic E-state index is 0.543. The highest BCUT2D eigenvalue weighted by atomic mass is 16.5. The van der Waals surface area contributed by atoms with Crippen LogP contribution in [0.25, 0.3) is 0 Å². The fourth-order valence-electron chi connectivity index (χ4n) is 10.8. The van der Waals surface area contributed by atoms with Crippen LogP contribution in [0.5, 0.6) is 0 Å². The van der Waals surface area contributed by atoms with E-state index in [1.54, 1.807) is 0 Å². The monoisotopic (exact) mass is 426 g/mol. The average Bonchev–Trinajstić information content (AvgIpc) is 3.24. The van der Waals surface area contributed by atoms with Crippen molar-refractivity contribution in [2.45, 2.75) is 105 Å². The highest BCUT2D eigenvalue weighted by Gasteiger charge is 2.77. The van der Waals surface area contributed by atoms with Gasteiger partial charge in [-0.2, -0.15) is 0 Å². The van der Waals surface area contributed by atoms with Crippen LogP contribution in [0.15, 0.2) is 12.2 Å². The van der Waals surface area contributed by atoms with Crippen LogP contribution in [0.2, 0.25) is 0 Å². The SMILES string of the molecule is CCC(/C=C/C(C)C1CCC2C3CC(OC)C45CC4CCC5(C)C3CCC12C)C(C)C. The first-order valence-electron chi connectivity index (χ1n) is 13.9. The lowest BCUT2D eigenvalue weighted by atomic mass is 9.45. The first-order valence-corrected chi connectivity index (χ1v) is 13.9. The van der Waals surface area contributed by atoms with Gasteiger partial charge in [0, 0.05) is 12.5 Å². The van der Waals surface area contributed by atoms with E-state index in [-0.39, 0.29) is 0 Å². The summed E-state index contributed by atoms with van der Waals surface area (Å²) >= 11 is 0. The van der Waals surface area contributed by atoms with E-state index in [2.05, 4.69) is 53.7 Å². The molecule has 0 bridgehead atoms. The van der Waals surface area contributed by atoms with Gasteiger partial charge >= 0.3 is 0 Å². The van der Waals surface area contributed by atoms with Crippen molar-refractivity contribution in [3.63, 3.8) is 0 Å². The molecule has 0 aromatic rings. The smallest absolute Gasteiger partial charge is 0.0638 e. The molecule has 5 aliphatic rings. The van der Waals surface area contributed by atoms with Crippen LogP contribution < -0.4 is 0 Å². The average molecular weight is 427 g/mol. The maximum Gasteiger partial charge on any atom is 0.0638 e. The second kappa shape index (κ2) is 7.61. The molecule has 0 aromatic carbocycles. The summed E-state index contributed by atoms with van der Waals surface area (Å²) in [6.45, 7) is 15.1. The number of hydrogen-bond acceptors (Lipinski definition) is 1. The van der Waals surface area contributed by atoms with E-state index in [1.165, 1.54) is 57.8 Å². The van der Waals surface area contributed by atoms with E-state index >= 15 is 0 Å². The Balaban J connectivity index is 1.37. The van der Waals surface area contributed by atoms with Crippen molar-refractivity contribution in [3.05, 3.63) is 12.2 Å². The molecule has 0 aromatic heterocycles. The number of ether oxygens (including phenoxy) is 1. The maximum absolute atomic E-state index is 6.31. The Morgan fingerprint density at radius 3 is 2.39 bits per heavy atom. The number of hydrogen-bond donors (Lipinski definition) is 0. The molecule has 176 valence electrons. The van der Waals surface area contributed by atoms with Gasteiger partial charge in [-0.3, -0.25) is 0 Å². The molecular formula is C30H50O. The quantitative estimate of drug-likeness (QED) is 0.389. The molecule has 0 aliphatic heterocycles. The van der Waals surface area contributed by atoms with Crippen molar-refractivity contribution < 1.29 is 4.74 Å². The summed E-state index contributed by atoms with van der Waals surface area (Å²) in [6, 6.07) is 0. The highest BCUT2D eigenvalue weighted by Crippen LogP contribution is 2.82. The van der Waals surface area contributed by atoms with Crippen molar-refractivity contribution in [2.75, 3.05) is 7.11 Å². The first kappa shape index (κ1) is 22.5. The van der Waals surface area contributed by atoms with E-state index in [9.17, 15) is 0 Å². The van der Waals surface area contributed by atoms with E-state index in [0.717, 1.165) is 47.3 Å². The predicted octanol–water partition coefficient (Wildman–Crippen LogP) is 8.14. The molecule has 5 saturated carbocycles. The zero-order valence-corrected chi connectivity index (χ0v) is 21.6. The summed E-state index contributed by atoms with van der Waals surface area (Å²) in [7, 11) is 2.03. The standard InChI is InChI=1S/C30H50O/c1-8-21(19(2)3)10-9-20(4)24-11-12-25-23-17-27(31-7)30-18-22(30)13-16-29(30,6)26(23)14-15-28(24,25)5/h9-10,19-27H,8,11-18H2,1-7H3/b10-9+. The van der Waals surface area contributed by atoms with Crippen LogP contribution in [-0.4, -0.2) is 13.2 Å². The minimum Gasteiger partial charge on any atom is -0.381 e. The van der Waals surface area contributed by atoms with Gasteiger partial charge in [0.1, 0.15) is 0 Å². The third kappa shape index (κ3) is 2.96. The van der Waals surface area contributed by atoms with Crippen LogP contribution in [0.1, 0.15) is 99.3 Å². The zero-order valence-electron chi connectivity index (χ0n) is 21.6. The lowest BCUT2D eigenvalue weighted by molar-refractivity contribution is -0.160. The molecule has 1 heteroatoms. The lowest BCUT2D eigenvalue weighted by Crippen LogP contribution is -2.57. The summed E-state index contributed by atoms with van der Waals surface area (Å²) < 4.78 is 6.31. The van der Waals surface area contributed by atoms with Gasteiger partial charge in [0.15, 0.2) is 0 Å². The van der Waals surface area contributed by atoms with Gasteiger partial charge in [0.05, 0.1) is 6.10 Å². The third-order valence-electron chi connectivity index (χ3n) is 12.5. The summed E-state index contributed by atoms with van der Waals surface area (Å²) in [4.78, 5) is 0. The fraction of sp³-hybridized carbons (Fsp3) is 0.933. The second-order valence-corrected chi connectivity index (χ2v) is 13.5. The van der Waals surface area contributed by atoms with Crippen LogP contribution in [-0.2, 0) is 4.74 Å². The Bertz CT molecular complexity index is 709. The Labute approximate surface area is 193 Å². The lowest BCUT2D eigenvalue weighted by Gasteiger charge is -2.61. The zero-order chi connectivity index (χ0) is 22.2. The van der Waals surface area contributed by atoms with Crippen molar-refractivity contribution in [3.8, 4) is 0 Å². The molecule has 5 aliphatic carbocycles. The molecule has 0 radical (unpaired) electrons. The van der Waals surface area contributed by atoms with E-state index in [1.807, 2.05) is 7.11 Å². The normalized spacial score (nSPS) is 52.5. The van der Waals surface area contributed by atoms with Gasteiger partial charge in [-0.05, 0) is 116 Å². The molecule has 5 fully saturated rings. The molecular weight excluding hydrogens is 376 g/mol. The Morgan fingerprint density at radius 2 is 1.74 bits per heavy atom. The number of fused-ring (bicyclic) bond motifs is 4. The summed E-state index contributed by atoms with van der Waals surface area (Å²) in [5.41, 5.74) is 1.68. The Kier molecular flexibility index (Phi) is 5.52. The molecule has 0 amide bonds. The van der Waals surface area contributed by atoms with Gasteiger partial charge in [-0.25, -0.2) is 0 Å². The van der Waals surface area contributed by atoms with Crippen LogP contribution in [0.4, 0.5) is 0 Å². The van der Waals surface area contributed by atoms with E-state index < -0.39 is 0 Å². The van der Waals surface area contributed by atoms with Crippen LogP contribution >= 0.6 is 0 Å². The van der Waals surface area contributed by atoms with Crippen molar-refractivity contribution in [2.24, 2.45) is 63.6 Å². The van der Waals surface area contributed by atoms with E-state index in [4.69, 9.17) is 4.74 Å². The largest absolute Gasteiger partial charge is 0.381 e. The van der Waals surface area contributed by atoms with Crippen molar-refractivity contribution in [1.82, 2.24) is 0 Å². The molecule has 5 rings (SSSR count). The fourth-order valence-corrected chi connectivity index (χ4v) is 10.8. The van der Waals surface area contributed by atoms with Crippen LogP contribution in [0, 0.1) is 63.6 Å².